The van der Waals surface area contributed by atoms with Gasteiger partial charge in [0.2, 0.25) is 0 Å². The van der Waals surface area contributed by atoms with Crippen LogP contribution in [-0.4, -0.2) is 29.1 Å². The average Bonchev–Trinajstić information content (AvgIpc) is 2.65. The first-order valence-electron chi connectivity index (χ1n) is 7.97. The highest BCUT2D eigenvalue weighted by Crippen LogP contribution is 2.11. The van der Waals surface area contributed by atoms with Crippen molar-refractivity contribution in [3.63, 3.8) is 0 Å². The van der Waals surface area contributed by atoms with Gasteiger partial charge in [0.25, 0.3) is 11.5 Å². The molecule has 0 aliphatic carbocycles. The Hall–Kier alpha value is -3.15. The van der Waals surface area contributed by atoms with Gasteiger partial charge in [-0.15, -0.1) is 0 Å². The third kappa shape index (κ3) is 3.52. The maximum Gasteiger partial charge on any atom is 0.261 e. The largest absolute Gasteiger partial charge is 0.497 e. The van der Waals surface area contributed by atoms with Crippen molar-refractivity contribution in [2.24, 2.45) is 7.05 Å². The van der Waals surface area contributed by atoms with Crippen LogP contribution in [-0.2, 0) is 13.5 Å². The molecule has 6 nitrogen and oxygen atoms in total. The van der Waals surface area contributed by atoms with E-state index >= 15 is 0 Å². The number of para-hydroxylation sites is 1. The molecule has 3 rings (SSSR count). The van der Waals surface area contributed by atoms with E-state index < -0.39 is 0 Å². The van der Waals surface area contributed by atoms with E-state index in [4.69, 9.17) is 4.74 Å². The number of carbonyl (C=O) groups is 1. The molecule has 0 atom stereocenters. The van der Waals surface area contributed by atoms with E-state index in [9.17, 15) is 9.59 Å². The van der Waals surface area contributed by atoms with Crippen LogP contribution in [0.2, 0.25) is 0 Å². The summed E-state index contributed by atoms with van der Waals surface area (Å²) >= 11 is 0. The molecule has 128 valence electrons. The van der Waals surface area contributed by atoms with Crippen molar-refractivity contribution in [3.8, 4) is 5.75 Å². The fraction of sp³-hybridized carbons (Fsp3) is 0.211. The number of rotatable bonds is 5. The van der Waals surface area contributed by atoms with Crippen LogP contribution in [0.25, 0.3) is 10.9 Å². The molecule has 0 saturated carbocycles. The van der Waals surface area contributed by atoms with Gasteiger partial charge in [0.1, 0.15) is 11.6 Å². The number of nitrogens with one attached hydrogen (secondary N) is 1. The molecular weight excluding hydrogens is 318 g/mol. The maximum atomic E-state index is 12.4. The van der Waals surface area contributed by atoms with Crippen molar-refractivity contribution in [2.75, 3.05) is 13.7 Å². The summed E-state index contributed by atoms with van der Waals surface area (Å²) in [5.74, 6) is 1.17. The molecule has 1 amide bonds. The molecule has 0 unspecified atom stereocenters. The topological polar surface area (TPSA) is 73.2 Å². The lowest BCUT2D eigenvalue weighted by molar-refractivity contribution is 0.0954. The zero-order valence-corrected chi connectivity index (χ0v) is 14.2. The van der Waals surface area contributed by atoms with Gasteiger partial charge >= 0.3 is 0 Å². The number of carbonyl (C=O) groups excluding carboxylic acids is 1. The number of benzene rings is 2. The SMILES string of the molecule is COc1ccc(C(=O)NCCc2nc3ccccc3c(=O)n2C)cc1. The Balaban J connectivity index is 1.69. The van der Waals surface area contributed by atoms with Crippen molar-refractivity contribution in [1.82, 2.24) is 14.9 Å². The highest BCUT2D eigenvalue weighted by Gasteiger charge is 2.09. The molecule has 1 heterocycles. The fourth-order valence-corrected chi connectivity index (χ4v) is 2.62. The van der Waals surface area contributed by atoms with E-state index in [-0.39, 0.29) is 11.5 Å². The highest BCUT2D eigenvalue weighted by molar-refractivity contribution is 5.94. The van der Waals surface area contributed by atoms with E-state index in [1.165, 1.54) is 4.57 Å². The number of ether oxygens (including phenoxy) is 1. The second-order valence-electron chi connectivity index (χ2n) is 5.64. The quantitative estimate of drug-likeness (QED) is 0.772. The van der Waals surface area contributed by atoms with Crippen LogP contribution in [0.3, 0.4) is 0 Å². The number of methoxy groups -OCH3 is 1. The summed E-state index contributed by atoms with van der Waals surface area (Å²) in [5.41, 5.74) is 1.14. The number of nitrogens with zero attached hydrogens (tertiary/aromatic N) is 2. The summed E-state index contributed by atoms with van der Waals surface area (Å²) in [4.78, 5) is 29.0. The normalized spacial score (nSPS) is 10.6. The van der Waals surface area contributed by atoms with Crippen LogP contribution in [0, 0.1) is 0 Å². The highest BCUT2D eigenvalue weighted by atomic mass is 16.5. The van der Waals surface area contributed by atoms with Gasteiger partial charge in [0, 0.05) is 25.6 Å². The zero-order chi connectivity index (χ0) is 17.8. The number of hydrogen-bond acceptors (Lipinski definition) is 4. The number of fused-ring (bicyclic) bond motifs is 1. The molecule has 2 aromatic carbocycles. The minimum Gasteiger partial charge on any atom is -0.497 e. The van der Waals surface area contributed by atoms with E-state index in [1.807, 2.05) is 18.2 Å². The Kier molecular flexibility index (Phi) is 4.79. The monoisotopic (exact) mass is 337 g/mol. The average molecular weight is 337 g/mol. The van der Waals surface area contributed by atoms with Crippen LogP contribution in [0.5, 0.6) is 5.75 Å². The van der Waals surface area contributed by atoms with Crippen molar-refractivity contribution in [3.05, 3.63) is 70.3 Å². The fourth-order valence-electron chi connectivity index (χ4n) is 2.62. The van der Waals surface area contributed by atoms with Gasteiger partial charge in [0.15, 0.2) is 0 Å². The van der Waals surface area contributed by atoms with Crippen molar-refractivity contribution in [1.29, 1.82) is 0 Å². The molecular formula is C19H19N3O3. The molecule has 6 heteroatoms. The molecule has 0 saturated heterocycles. The first kappa shape index (κ1) is 16.7. The second kappa shape index (κ2) is 7.17. The Labute approximate surface area is 145 Å². The van der Waals surface area contributed by atoms with Gasteiger partial charge in [-0.2, -0.15) is 0 Å². The van der Waals surface area contributed by atoms with Gasteiger partial charge < -0.3 is 10.1 Å². The minimum atomic E-state index is -0.173. The van der Waals surface area contributed by atoms with Crippen molar-refractivity contribution >= 4 is 16.8 Å². The molecule has 1 aromatic heterocycles. The van der Waals surface area contributed by atoms with Crippen LogP contribution in [0.15, 0.2) is 53.3 Å². The van der Waals surface area contributed by atoms with E-state index in [2.05, 4.69) is 10.3 Å². The van der Waals surface area contributed by atoms with E-state index in [0.29, 0.717) is 41.0 Å². The number of hydrogen-bond donors (Lipinski definition) is 1. The summed E-state index contributed by atoms with van der Waals surface area (Å²) < 4.78 is 6.60. The second-order valence-corrected chi connectivity index (χ2v) is 5.64. The summed E-state index contributed by atoms with van der Waals surface area (Å²) in [6, 6.07) is 14.1. The van der Waals surface area contributed by atoms with Crippen LogP contribution < -0.4 is 15.6 Å². The Morgan fingerprint density at radius 1 is 1.16 bits per heavy atom. The lowest BCUT2D eigenvalue weighted by atomic mass is 10.2. The van der Waals surface area contributed by atoms with Gasteiger partial charge in [-0.25, -0.2) is 4.98 Å². The molecule has 1 N–H and O–H groups in total. The van der Waals surface area contributed by atoms with Crippen molar-refractivity contribution in [2.45, 2.75) is 6.42 Å². The van der Waals surface area contributed by atoms with Crippen LogP contribution in [0.4, 0.5) is 0 Å². The van der Waals surface area contributed by atoms with Crippen LogP contribution >= 0.6 is 0 Å². The third-order valence-electron chi connectivity index (χ3n) is 4.06. The molecule has 0 spiro atoms. The predicted molar refractivity (Wildman–Crippen MR) is 96.0 cm³/mol. The smallest absolute Gasteiger partial charge is 0.261 e. The molecule has 0 fully saturated rings. The van der Waals surface area contributed by atoms with Gasteiger partial charge in [0.05, 0.1) is 18.0 Å². The first-order valence-corrected chi connectivity index (χ1v) is 7.97. The Morgan fingerprint density at radius 3 is 2.60 bits per heavy atom. The Bertz CT molecular complexity index is 962. The summed E-state index contributed by atoms with van der Waals surface area (Å²) in [7, 11) is 3.28. The first-order chi connectivity index (χ1) is 12.1. The predicted octanol–water partition coefficient (Wildman–Crippen LogP) is 1.91. The summed E-state index contributed by atoms with van der Waals surface area (Å²) in [5, 5.41) is 3.44. The molecule has 0 aliphatic heterocycles. The lowest BCUT2D eigenvalue weighted by Gasteiger charge is -2.10. The van der Waals surface area contributed by atoms with Gasteiger partial charge in [-0.05, 0) is 36.4 Å². The van der Waals surface area contributed by atoms with Crippen LogP contribution in [0.1, 0.15) is 16.2 Å². The van der Waals surface area contributed by atoms with Gasteiger partial charge in [-0.1, -0.05) is 12.1 Å². The molecule has 0 bridgehead atoms. The van der Waals surface area contributed by atoms with E-state index in [0.717, 1.165) is 0 Å². The summed E-state index contributed by atoms with van der Waals surface area (Å²) in [6.45, 7) is 0.392. The summed E-state index contributed by atoms with van der Waals surface area (Å²) in [6.07, 6.45) is 0.471. The number of amides is 1. The zero-order valence-electron chi connectivity index (χ0n) is 14.2. The lowest BCUT2D eigenvalue weighted by Crippen LogP contribution is -2.29. The Morgan fingerprint density at radius 2 is 1.88 bits per heavy atom. The molecule has 0 aliphatic rings. The van der Waals surface area contributed by atoms with Gasteiger partial charge in [-0.3, -0.25) is 14.2 Å². The molecule has 0 radical (unpaired) electrons. The molecule has 25 heavy (non-hydrogen) atoms. The number of aromatic nitrogens is 2. The third-order valence-corrected chi connectivity index (χ3v) is 4.06. The van der Waals surface area contributed by atoms with E-state index in [1.54, 1.807) is 44.5 Å². The maximum absolute atomic E-state index is 12.4. The minimum absolute atomic E-state index is 0.0814. The molecule has 3 aromatic rings. The van der Waals surface area contributed by atoms with Crippen molar-refractivity contribution < 1.29 is 9.53 Å². The standard InChI is InChI=1S/C19H19N3O3/c1-22-17(21-16-6-4-3-5-15(16)19(22)24)11-12-20-18(23)13-7-9-14(25-2)10-8-13/h3-10H,11-12H2,1-2H3,(H,20,23).